The molecule has 0 fully saturated rings. The van der Waals surface area contributed by atoms with Crippen LogP contribution in [0.4, 0.5) is 0 Å². The third-order valence-corrected chi connectivity index (χ3v) is 1.83. The summed E-state index contributed by atoms with van der Waals surface area (Å²) in [5.74, 6) is 0.267. The maximum Gasteiger partial charge on any atom is 0.103 e. The molecule has 0 aromatic heterocycles. The molecule has 0 aliphatic carbocycles. The van der Waals surface area contributed by atoms with Gasteiger partial charge in [0.15, 0.2) is 0 Å². The van der Waals surface area contributed by atoms with Gasteiger partial charge >= 0.3 is 0 Å². The van der Waals surface area contributed by atoms with Gasteiger partial charge in [-0.2, -0.15) is 0 Å². The van der Waals surface area contributed by atoms with E-state index in [1.54, 1.807) is 0 Å². The summed E-state index contributed by atoms with van der Waals surface area (Å²) in [4.78, 5) is 0. The second kappa shape index (κ2) is 4.46. The first-order valence-electron chi connectivity index (χ1n) is 3.25. The Balaban J connectivity index is 3.48. The van der Waals surface area contributed by atoms with Crippen molar-refractivity contribution < 1.29 is 4.21 Å². The fourth-order valence-electron chi connectivity index (χ4n) is 0.528. The lowest BCUT2D eigenvalue weighted by molar-refractivity contribution is 0.675. The van der Waals surface area contributed by atoms with Gasteiger partial charge in [-0.1, -0.05) is 19.1 Å². The van der Waals surface area contributed by atoms with Gasteiger partial charge in [0.25, 0.3) is 0 Å². The summed E-state index contributed by atoms with van der Waals surface area (Å²) in [6.07, 6.45) is 5.50. The molecule has 4 heteroatoms. The largest absolute Gasteiger partial charge is 0.245 e. The summed E-state index contributed by atoms with van der Waals surface area (Å²) in [5, 5.41) is 4.98. The molecule has 0 saturated heterocycles. The second-order valence-corrected chi connectivity index (χ2v) is 3.96. The first-order valence-corrected chi connectivity index (χ1v) is 5.04. The molecule has 0 saturated carbocycles. The zero-order valence-electron chi connectivity index (χ0n) is 6.17. The maximum atomic E-state index is 10.6. The molecule has 0 aromatic carbocycles. The van der Waals surface area contributed by atoms with Gasteiger partial charge in [-0.25, -0.2) is 14.1 Å². The highest BCUT2D eigenvalue weighted by atomic mass is 32.2. The molecular weight excluding hydrogens is 148 g/mol. The molecular formula is C6H14N2OS. The Kier molecular flexibility index (Phi) is 4.31. The number of hydrogen-bond acceptors (Lipinski definition) is 2. The average molecular weight is 162 g/mol. The molecule has 0 heterocycles. The van der Waals surface area contributed by atoms with Crippen LogP contribution in [0.3, 0.4) is 0 Å². The van der Waals surface area contributed by atoms with Crippen molar-refractivity contribution in [3.8, 4) is 0 Å². The molecule has 0 spiro atoms. The van der Waals surface area contributed by atoms with Crippen molar-refractivity contribution in [2.24, 2.45) is 5.14 Å². The van der Waals surface area contributed by atoms with Gasteiger partial charge in [0, 0.05) is 5.75 Å². The van der Waals surface area contributed by atoms with Crippen LogP contribution >= 0.6 is 0 Å². The Hall–Kier alpha value is -0.350. The second-order valence-electron chi connectivity index (χ2n) is 2.10. The van der Waals surface area contributed by atoms with Crippen LogP contribution in [0.15, 0.2) is 12.2 Å². The van der Waals surface area contributed by atoms with Gasteiger partial charge in [0.2, 0.25) is 0 Å². The van der Waals surface area contributed by atoms with E-state index in [-0.39, 0.29) is 5.75 Å². The zero-order chi connectivity index (χ0) is 8.04. The molecule has 0 radical (unpaired) electrons. The highest BCUT2D eigenvalue weighted by Gasteiger charge is 1.92. The van der Waals surface area contributed by atoms with Crippen molar-refractivity contribution in [2.75, 3.05) is 5.75 Å². The zero-order valence-corrected chi connectivity index (χ0v) is 6.99. The third-order valence-electron chi connectivity index (χ3n) is 0.990. The number of rotatable bonds is 4. The van der Waals surface area contributed by atoms with E-state index in [1.165, 1.54) is 0 Å². The predicted octanol–water partition coefficient (Wildman–Crippen LogP) is 1.26. The summed E-state index contributed by atoms with van der Waals surface area (Å²) < 4.78 is 17.4. The quantitative estimate of drug-likeness (QED) is 0.600. The topological polar surface area (TPSA) is 66.9 Å². The highest BCUT2D eigenvalue weighted by Crippen LogP contribution is 1.89. The number of hydrogen-bond donors (Lipinski definition) is 2. The minimum atomic E-state index is -2.76. The van der Waals surface area contributed by atoms with Crippen molar-refractivity contribution in [3.63, 3.8) is 0 Å². The minimum Gasteiger partial charge on any atom is -0.245 e. The SMILES string of the molecule is CC/C=C\CCS(=N)(N)=O. The molecule has 10 heavy (non-hydrogen) atoms. The van der Waals surface area contributed by atoms with Gasteiger partial charge in [0.1, 0.15) is 9.92 Å². The fourth-order valence-corrected chi connectivity index (χ4v) is 1.01. The van der Waals surface area contributed by atoms with Crippen LogP contribution in [0.2, 0.25) is 0 Å². The van der Waals surface area contributed by atoms with Crippen LogP contribution in [0, 0.1) is 4.78 Å². The van der Waals surface area contributed by atoms with Crippen LogP contribution in [-0.2, 0) is 9.92 Å². The fraction of sp³-hybridized carbons (Fsp3) is 0.667. The van der Waals surface area contributed by atoms with Crippen molar-refractivity contribution in [3.05, 3.63) is 12.2 Å². The normalized spacial score (nSPS) is 17.4. The molecule has 0 aromatic rings. The van der Waals surface area contributed by atoms with E-state index in [0.29, 0.717) is 6.42 Å². The lowest BCUT2D eigenvalue weighted by Crippen LogP contribution is -2.13. The molecule has 0 bridgehead atoms. The van der Waals surface area contributed by atoms with E-state index >= 15 is 0 Å². The van der Waals surface area contributed by atoms with E-state index in [0.717, 1.165) is 6.42 Å². The molecule has 1 unspecified atom stereocenters. The summed E-state index contributed by atoms with van der Waals surface area (Å²) in [6.45, 7) is 2.02. The molecule has 3 N–H and O–H groups in total. The van der Waals surface area contributed by atoms with Crippen LogP contribution in [-0.4, -0.2) is 9.96 Å². The number of allylic oxidation sites excluding steroid dienone is 2. The van der Waals surface area contributed by atoms with E-state index in [9.17, 15) is 4.21 Å². The van der Waals surface area contributed by atoms with Gasteiger partial charge in [0.05, 0.1) is 0 Å². The number of nitrogens with one attached hydrogen (secondary N) is 1. The Morgan fingerprint density at radius 1 is 1.60 bits per heavy atom. The van der Waals surface area contributed by atoms with Crippen LogP contribution in [0.25, 0.3) is 0 Å². The van der Waals surface area contributed by atoms with Gasteiger partial charge in [-0.05, 0) is 12.8 Å². The lowest BCUT2D eigenvalue weighted by atomic mass is 10.4. The van der Waals surface area contributed by atoms with Crippen molar-refractivity contribution >= 4 is 9.92 Å². The molecule has 1 atom stereocenters. The Bertz CT molecular complexity index is 194. The minimum absolute atomic E-state index is 0.267. The summed E-state index contributed by atoms with van der Waals surface area (Å²) >= 11 is 0. The summed E-state index contributed by atoms with van der Waals surface area (Å²) in [5.41, 5.74) is 0. The highest BCUT2D eigenvalue weighted by molar-refractivity contribution is 7.90. The Morgan fingerprint density at radius 3 is 2.60 bits per heavy atom. The van der Waals surface area contributed by atoms with Gasteiger partial charge in [-0.15, -0.1) is 0 Å². The summed E-state index contributed by atoms with van der Waals surface area (Å²) in [6, 6.07) is 0. The molecule has 0 amide bonds. The van der Waals surface area contributed by atoms with Crippen LogP contribution in [0.1, 0.15) is 19.8 Å². The van der Waals surface area contributed by atoms with Crippen molar-refractivity contribution in [2.45, 2.75) is 19.8 Å². The number of nitrogens with two attached hydrogens (primary N) is 1. The first kappa shape index (κ1) is 9.65. The standard InChI is InChI=1S/C6H14N2OS/c1-2-3-4-5-6-10(7,8)9/h3-4H,2,5-6H2,1H3,(H3,7,8,9)/b4-3-. The van der Waals surface area contributed by atoms with Crippen LogP contribution in [0.5, 0.6) is 0 Å². The average Bonchev–Trinajstić information content (AvgIpc) is 1.78. The van der Waals surface area contributed by atoms with E-state index < -0.39 is 9.92 Å². The Labute approximate surface area is 62.4 Å². The molecule has 3 nitrogen and oxygen atoms in total. The van der Waals surface area contributed by atoms with Crippen molar-refractivity contribution in [1.29, 1.82) is 4.78 Å². The van der Waals surface area contributed by atoms with E-state index in [4.69, 9.17) is 9.92 Å². The molecule has 60 valence electrons. The monoisotopic (exact) mass is 162 g/mol. The van der Waals surface area contributed by atoms with E-state index in [1.807, 2.05) is 19.1 Å². The maximum absolute atomic E-state index is 10.6. The predicted molar refractivity (Wildman–Crippen MR) is 44.0 cm³/mol. The van der Waals surface area contributed by atoms with E-state index in [2.05, 4.69) is 0 Å². The van der Waals surface area contributed by atoms with Gasteiger partial charge < -0.3 is 0 Å². The lowest BCUT2D eigenvalue weighted by Gasteiger charge is -1.94. The van der Waals surface area contributed by atoms with Crippen molar-refractivity contribution in [1.82, 2.24) is 0 Å². The first-order chi connectivity index (χ1) is 4.56. The molecule has 0 rings (SSSR count). The Morgan fingerprint density at radius 2 is 2.20 bits per heavy atom. The molecule has 0 aliphatic rings. The smallest absolute Gasteiger partial charge is 0.103 e. The summed E-state index contributed by atoms with van der Waals surface area (Å²) in [7, 11) is -2.76. The van der Waals surface area contributed by atoms with Crippen LogP contribution < -0.4 is 5.14 Å². The van der Waals surface area contributed by atoms with Gasteiger partial charge in [-0.3, -0.25) is 0 Å². The third kappa shape index (κ3) is 7.65. The molecule has 0 aliphatic heterocycles.